The molecule has 0 aromatic heterocycles. The minimum atomic E-state index is -0.125. The summed E-state index contributed by atoms with van der Waals surface area (Å²) in [5.41, 5.74) is 0. The van der Waals surface area contributed by atoms with Crippen molar-refractivity contribution < 1.29 is 4.79 Å². The molecule has 0 saturated heterocycles. The van der Waals surface area contributed by atoms with E-state index in [-0.39, 0.29) is 5.91 Å². The summed E-state index contributed by atoms with van der Waals surface area (Å²) in [6, 6.07) is 0. The first-order valence-corrected chi connectivity index (χ1v) is 2.31. The van der Waals surface area contributed by atoms with Gasteiger partial charge in [-0.25, -0.2) is 0 Å². The number of rotatable bonds is 1. The monoisotopic (exact) mass is 110 g/mol. The van der Waals surface area contributed by atoms with Crippen molar-refractivity contribution in [2.24, 2.45) is 4.99 Å². The molecule has 1 aliphatic rings. The second kappa shape index (κ2) is 1.78. The smallest absolute Gasteiger partial charge is 0.266 e. The molecule has 3 heteroatoms. The van der Waals surface area contributed by atoms with E-state index in [1.165, 1.54) is 6.08 Å². The Morgan fingerprint density at radius 3 is 2.88 bits per heavy atom. The molecule has 0 saturated carbocycles. The van der Waals surface area contributed by atoms with Crippen LogP contribution < -0.4 is 5.32 Å². The lowest BCUT2D eigenvalue weighted by molar-refractivity contribution is -0.116. The fourth-order valence-corrected chi connectivity index (χ4v) is 0.497. The molecular weight excluding hydrogens is 104 g/mol. The highest BCUT2D eigenvalue weighted by Crippen LogP contribution is 1.86. The van der Waals surface area contributed by atoms with E-state index in [4.69, 9.17) is 0 Å². The second-order valence-electron chi connectivity index (χ2n) is 1.45. The van der Waals surface area contributed by atoms with E-state index in [1.54, 1.807) is 0 Å². The van der Waals surface area contributed by atoms with E-state index in [1.807, 2.05) is 0 Å². The standard InChI is InChI=1S/C5H6N2O/c1-2-4-6-3-5(8)7-4/h2H,1,3H2,(H,6,7,8). The molecule has 0 aromatic rings. The average molecular weight is 110 g/mol. The summed E-state index contributed by atoms with van der Waals surface area (Å²) >= 11 is 0. The van der Waals surface area contributed by atoms with Crippen molar-refractivity contribution in [3.05, 3.63) is 12.7 Å². The molecule has 0 fully saturated rings. The third-order valence-corrected chi connectivity index (χ3v) is 0.859. The fourth-order valence-electron chi connectivity index (χ4n) is 0.497. The van der Waals surface area contributed by atoms with Gasteiger partial charge in [-0.3, -0.25) is 4.79 Å². The average Bonchev–Trinajstić information content (AvgIpc) is 2.14. The Labute approximate surface area is 47.1 Å². The minimum Gasteiger partial charge on any atom is -0.361 e. The summed E-state index contributed by atoms with van der Waals surface area (Å²) in [5.74, 6) is 0.454. The molecule has 8 heavy (non-hydrogen) atoms. The molecule has 3 nitrogen and oxygen atoms in total. The molecule has 1 aliphatic heterocycles. The van der Waals surface area contributed by atoms with Gasteiger partial charge in [0, 0.05) is 0 Å². The number of hydrogen-bond acceptors (Lipinski definition) is 2. The van der Waals surface area contributed by atoms with Gasteiger partial charge in [-0.15, -0.1) is 0 Å². The van der Waals surface area contributed by atoms with Crippen molar-refractivity contribution in [3.8, 4) is 0 Å². The number of nitrogens with one attached hydrogen (secondary N) is 1. The summed E-state index contributed by atoms with van der Waals surface area (Å²) < 4.78 is 0. The number of carbonyl (C=O) groups is 1. The highest BCUT2D eigenvalue weighted by molar-refractivity contribution is 6.06. The first-order chi connectivity index (χ1) is 3.83. The Morgan fingerprint density at radius 2 is 2.62 bits per heavy atom. The van der Waals surface area contributed by atoms with E-state index < -0.39 is 0 Å². The molecule has 42 valence electrons. The summed E-state index contributed by atoms with van der Waals surface area (Å²) in [6.07, 6.45) is 1.52. The summed E-state index contributed by atoms with van der Waals surface area (Å²) in [4.78, 5) is 13.9. The minimum absolute atomic E-state index is 0.125. The van der Waals surface area contributed by atoms with Crippen LogP contribution in [0.2, 0.25) is 0 Å². The lowest BCUT2D eigenvalue weighted by Crippen LogP contribution is -2.16. The van der Waals surface area contributed by atoms with Gasteiger partial charge >= 0.3 is 0 Å². The van der Waals surface area contributed by atoms with Crippen molar-refractivity contribution in [1.29, 1.82) is 0 Å². The Balaban J connectivity index is 2.70. The van der Waals surface area contributed by atoms with Gasteiger partial charge < -0.3 is 5.32 Å². The summed E-state index contributed by atoms with van der Waals surface area (Å²) in [5, 5.41) is 2.74. The van der Waals surface area contributed by atoms with Gasteiger partial charge in [0.05, 0.1) is 6.54 Å². The molecule has 0 aromatic carbocycles. The van der Waals surface area contributed by atoms with Gasteiger partial charge in [-0.1, -0.05) is 6.58 Å². The normalized spacial score (nSPS) is 17.5. The summed E-state index contributed by atoms with van der Waals surface area (Å²) in [6.45, 7) is 3.75. The maximum absolute atomic E-state index is 10.3. The van der Waals surface area contributed by atoms with Crippen LogP contribution in [-0.2, 0) is 4.79 Å². The van der Waals surface area contributed by atoms with Crippen molar-refractivity contribution in [1.82, 2.24) is 5.32 Å². The van der Waals surface area contributed by atoms with Gasteiger partial charge in [0.1, 0.15) is 5.84 Å². The Hall–Kier alpha value is -1.12. The largest absolute Gasteiger partial charge is 0.361 e. The zero-order valence-electron chi connectivity index (χ0n) is 4.35. The SMILES string of the molecule is C=CC1=NC(=O)CN1. The number of nitrogens with zero attached hydrogens (tertiary/aromatic N) is 1. The van der Waals surface area contributed by atoms with Crippen LogP contribution in [0.25, 0.3) is 0 Å². The molecule has 0 unspecified atom stereocenters. The Bertz CT molecular complexity index is 160. The summed E-state index contributed by atoms with van der Waals surface area (Å²) in [7, 11) is 0. The first kappa shape index (κ1) is 5.03. The lowest BCUT2D eigenvalue weighted by Gasteiger charge is -1.86. The molecule has 1 heterocycles. The van der Waals surface area contributed by atoms with E-state index in [0.717, 1.165) is 0 Å². The highest BCUT2D eigenvalue weighted by Gasteiger charge is 2.07. The van der Waals surface area contributed by atoms with Crippen molar-refractivity contribution >= 4 is 11.7 Å². The molecule has 0 spiro atoms. The van der Waals surface area contributed by atoms with Gasteiger partial charge in [0.25, 0.3) is 5.91 Å². The van der Waals surface area contributed by atoms with E-state index in [2.05, 4.69) is 16.9 Å². The second-order valence-corrected chi connectivity index (χ2v) is 1.45. The molecule has 1 amide bonds. The van der Waals surface area contributed by atoms with E-state index in [9.17, 15) is 4.79 Å². The number of carbonyl (C=O) groups excluding carboxylic acids is 1. The Morgan fingerprint density at radius 1 is 1.88 bits per heavy atom. The van der Waals surface area contributed by atoms with E-state index in [0.29, 0.717) is 12.4 Å². The van der Waals surface area contributed by atoms with Crippen LogP contribution in [-0.4, -0.2) is 18.3 Å². The fraction of sp³-hybridized carbons (Fsp3) is 0.200. The zero-order chi connectivity index (χ0) is 5.98. The number of aliphatic imine (C=N–C) groups is 1. The van der Waals surface area contributed by atoms with Crippen LogP contribution in [0, 0.1) is 0 Å². The van der Waals surface area contributed by atoms with Gasteiger partial charge in [0.2, 0.25) is 0 Å². The molecule has 0 atom stereocenters. The predicted molar refractivity (Wildman–Crippen MR) is 30.6 cm³/mol. The third-order valence-electron chi connectivity index (χ3n) is 0.859. The Kier molecular flexibility index (Phi) is 1.12. The van der Waals surface area contributed by atoms with Crippen LogP contribution >= 0.6 is 0 Å². The lowest BCUT2D eigenvalue weighted by atomic mass is 10.6. The molecule has 0 aliphatic carbocycles. The molecule has 1 N–H and O–H groups in total. The third kappa shape index (κ3) is 0.753. The first-order valence-electron chi connectivity index (χ1n) is 2.31. The molecular formula is C5H6N2O. The van der Waals surface area contributed by atoms with Crippen LogP contribution in [0.1, 0.15) is 0 Å². The number of amides is 1. The number of hydrogen-bond donors (Lipinski definition) is 1. The highest BCUT2D eigenvalue weighted by atomic mass is 16.1. The van der Waals surface area contributed by atoms with Gasteiger partial charge in [-0.2, -0.15) is 4.99 Å². The zero-order valence-corrected chi connectivity index (χ0v) is 4.35. The maximum Gasteiger partial charge on any atom is 0.266 e. The van der Waals surface area contributed by atoms with Gasteiger partial charge in [0.15, 0.2) is 0 Å². The van der Waals surface area contributed by atoms with Crippen molar-refractivity contribution in [3.63, 3.8) is 0 Å². The topological polar surface area (TPSA) is 41.5 Å². The van der Waals surface area contributed by atoms with Crippen molar-refractivity contribution in [2.75, 3.05) is 6.54 Å². The molecule has 0 bridgehead atoms. The van der Waals surface area contributed by atoms with E-state index >= 15 is 0 Å². The number of amidine groups is 1. The molecule has 0 radical (unpaired) electrons. The quantitative estimate of drug-likeness (QED) is 0.503. The predicted octanol–water partition coefficient (Wildman–Crippen LogP) is -0.299. The van der Waals surface area contributed by atoms with Crippen LogP contribution in [0.3, 0.4) is 0 Å². The molecule has 1 rings (SSSR count). The van der Waals surface area contributed by atoms with Crippen LogP contribution in [0.5, 0.6) is 0 Å². The van der Waals surface area contributed by atoms with Crippen LogP contribution in [0.15, 0.2) is 17.6 Å². The van der Waals surface area contributed by atoms with Crippen molar-refractivity contribution in [2.45, 2.75) is 0 Å². The van der Waals surface area contributed by atoms with Gasteiger partial charge in [-0.05, 0) is 6.08 Å². The maximum atomic E-state index is 10.3. The van der Waals surface area contributed by atoms with Crippen LogP contribution in [0.4, 0.5) is 0 Å².